The summed E-state index contributed by atoms with van der Waals surface area (Å²) in [6, 6.07) is -0.160. The maximum absolute atomic E-state index is 7.29. The van der Waals surface area contributed by atoms with Gasteiger partial charge in [0.15, 0.2) is 0 Å². The summed E-state index contributed by atoms with van der Waals surface area (Å²) in [5.74, 6) is 0. The minimum atomic E-state index is -0.0799. The van der Waals surface area contributed by atoms with Gasteiger partial charge in [0.05, 0.1) is 0 Å². The summed E-state index contributed by atoms with van der Waals surface area (Å²) in [7, 11) is 0. The zero-order valence-electron chi connectivity index (χ0n) is 6.30. The Hall–Kier alpha value is 0.528. The predicted molar refractivity (Wildman–Crippen MR) is 41.9 cm³/mol. The molecule has 0 radical (unpaired) electrons. The zero-order chi connectivity index (χ0) is 5.98. The van der Waals surface area contributed by atoms with Gasteiger partial charge in [0.1, 0.15) is 0 Å². The molecule has 0 aliphatic heterocycles. The van der Waals surface area contributed by atoms with E-state index in [4.69, 9.17) is 11.5 Å². The van der Waals surface area contributed by atoms with Crippen LogP contribution in [0.5, 0.6) is 0 Å². The van der Waals surface area contributed by atoms with Gasteiger partial charge in [-0.15, -0.1) is 0 Å². The van der Waals surface area contributed by atoms with E-state index in [1.54, 1.807) is 0 Å². The average Bonchev–Trinajstić information content (AvgIpc) is 1.77. The monoisotopic (exact) mass is 343 g/mol. The van der Waals surface area contributed by atoms with E-state index in [1.165, 1.54) is 12.8 Å². The van der Waals surface area contributed by atoms with Crippen molar-refractivity contribution in [3.63, 3.8) is 0 Å². The SMILES string of the molecule is O.O.[NH-][C@H]1CCCC[C@@H]1[NH-].[Pt+2]. The minimum absolute atomic E-state index is 0. The summed E-state index contributed by atoms with van der Waals surface area (Å²) in [4.78, 5) is 0. The molecule has 0 spiro atoms. The third-order valence-electron chi connectivity index (χ3n) is 1.77. The number of hydrogen-bond donors (Lipinski definition) is 0. The van der Waals surface area contributed by atoms with Gasteiger partial charge in [-0.3, -0.25) is 0 Å². The van der Waals surface area contributed by atoms with Gasteiger partial charge in [-0.25, -0.2) is 0 Å². The van der Waals surface area contributed by atoms with Crippen LogP contribution in [-0.2, 0) is 21.1 Å². The van der Waals surface area contributed by atoms with E-state index >= 15 is 0 Å². The second kappa shape index (κ2) is 8.62. The summed E-state index contributed by atoms with van der Waals surface area (Å²) < 4.78 is 0. The van der Waals surface area contributed by atoms with Gasteiger partial charge in [0, 0.05) is 0 Å². The molecule has 1 aliphatic carbocycles. The molecule has 5 heteroatoms. The van der Waals surface area contributed by atoms with E-state index in [1.807, 2.05) is 0 Å². The van der Waals surface area contributed by atoms with Crippen LogP contribution in [0.2, 0.25) is 0 Å². The van der Waals surface area contributed by atoms with Crippen molar-refractivity contribution < 1.29 is 32.0 Å². The third-order valence-corrected chi connectivity index (χ3v) is 1.77. The summed E-state index contributed by atoms with van der Waals surface area (Å²) in [5.41, 5.74) is 14.6. The molecule has 0 heterocycles. The summed E-state index contributed by atoms with van der Waals surface area (Å²) in [6.45, 7) is 0. The smallest absolute Gasteiger partial charge is 0.676 e. The molecule has 0 amide bonds. The van der Waals surface area contributed by atoms with E-state index in [0.29, 0.717) is 0 Å². The Kier molecular flexibility index (Phi) is 13.8. The fraction of sp³-hybridized carbons (Fsp3) is 1.00. The van der Waals surface area contributed by atoms with Crippen LogP contribution in [0.3, 0.4) is 0 Å². The number of nitrogens with one attached hydrogen (secondary N) is 2. The largest absolute Gasteiger partial charge is 2.00 e. The molecule has 72 valence electrons. The van der Waals surface area contributed by atoms with Gasteiger partial charge in [0.25, 0.3) is 0 Å². The topological polar surface area (TPSA) is 111 Å². The van der Waals surface area contributed by atoms with Crippen LogP contribution in [0.25, 0.3) is 11.5 Å². The molecule has 0 unspecified atom stereocenters. The van der Waals surface area contributed by atoms with Gasteiger partial charge in [-0.1, -0.05) is 25.7 Å². The van der Waals surface area contributed by atoms with Crippen molar-refractivity contribution >= 4 is 0 Å². The molecular formula is C6H16N2O2Pt. The molecule has 0 saturated heterocycles. The van der Waals surface area contributed by atoms with Crippen molar-refractivity contribution in [3.8, 4) is 0 Å². The first-order valence-corrected chi connectivity index (χ1v) is 3.23. The molecule has 2 atom stereocenters. The van der Waals surface area contributed by atoms with Gasteiger partial charge in [-0.2, -0.15) is 12.1 Å². The fourth-order valence-corrected chi connectivity index (χ4v) is 1.13. The predicted octanol–water partition coefficient (Wildman–Crippen LogP) is 0.750. The van der Waals surface area contributed by atoms with E-state index in [0.717, 1.165) is 12.8 Å². The van der Waals surface area contributed by atoms with Crippen LogP contribution in [0.15, 0.2) is 0 Å². The average molecular weight is 343 g/mol. The fourth-order valence-electron chi connectivity index (χ4n) is 1.13. The Balaban J connectivity index is -0.000000213. The molecule has 0 aromatic carbocycles. The summed E-state index contributed by atoms with van der Waals surface area (Å²) in [6.07, 6.45) is 4.25. The first-order chi connectivity index (χ1) is 3.80. The molecule has 1 rings (SSSR count). The number of hydrogen-bond acceptors (Lipinski definition) is 0. The summed E-state index contributed by atoms with van der Waals surface area (Å²) in [5, 5.41) is 0. The molecular weight excluding hydrogens is 327 g/mol. The molecule has 0 aromatic heterocycles. The van der Waals surface area contributed by atoms with Crippen molar-refractivity contribution in [2.24, 2.45) is 0 Å². The molecule has 0 aromatic rings. The quantitative estimate of drug-likeness (QED) is 0.618. The van der Waals surface area contributed by atoms with E-state index in [-0.39, 0.29) is 44.1 Å². The van der Waals surface area contributed by atoms with Crippen LogP contribution in [0, 0.1) is 0 Å². The third kappa shape index (κ3) is 5.76. The Morgan fingerprint density at radius 2 is 1.09 bits per heavy atom. The molecule has 6 N–H and O–H groups in total. The van der Waals surface area contributed by atoms with E-state index < -0.39 is 0 Å². The standard InChI is InChI=1S/C6H12N2.2H2O.Pt/c7-5-3-1-2-4-6(5)8;;;/h5-8H,1-4H2;2*1H2;/q-2;;;+2/t5-,6-;;;/m0.../s1. The Morgan fingerprint density at radius 1 is 0.818 bits per heavy atom. The Bertz CT molecular complexity index is 75.0. The molecule has 1 saturated carbocycles. The van der Waals surface area contributed by atoms with Crippen molar-refractivity contribution in [2.75, 3.05) is 0 Å². The first-order valence-electron chi connectivity index (χ1n) is 3.23. The van der Waals surface area contributed by atoms with E-state index in [2.05, 4.69) is 0 Å². The molecule has 11 heavy (non-hydrogen) atoms. The van der Waals surface area contributed by atoms with Gasteiger partial charge < -0.3 is 22.4 Å². The first kappa shape index (κ1) is 17.6. The maximum Gasteiger partial charge on any atom is 2.00 e. The molecule has 1 aliphatic rings. The number of rotatable bonds is 0. The normalized spacial score (nSPS) is 28.9. The second-order valence-electron chi connectivity index (χ2n) is 2.50. The molecule has 0 bridgehead atoms. The van der Waals surface area contributed by atoms with Crippen molar-refractivity contribution in [3.05, 3.63) is 11.5 Å². The molecule has 1 fully saturated rings. The molecule has 4 nitrogen and oxygen atoms in total. The Labute approximate surface area is 81.6 Å². The van der Waals surface area contributed by atoms with E-state index in [9.17, 15) is 0 Å². The maximum atomic E-state index is 7.29. The van der Waals surface area contributed by atoms with Crippen molar-refractivity contribution in [1.82, 2.24) is 0 Å². The van der Waals surface area contributed by atoms with Crippen LogP contribution in [0.4, 0.5) is 0 Å². The summed E-state index contributed by atoms with van der Waals surface area (Å²) >= 11 is 0. The van der Waals surface area contributed by atoms with Crippen LogP contribution >= 0.6 is 0 Å². The van der Waals surface area contributed by atoms with Crippen molar-refractivity contribution in [2.45, 2.75) is 37.8 Å². The zero-order valence-corrected chi connectivity index (χ0v) is 8.57. The van der Waals surface area contributed by atoms with Crippen molar-refractivity contribution in [1.29, 1.82) is 0 Å². The van der Waals surface area contributed by atoms with Crippen LogP contribution in [0.1, 0.15) is 25.7 Å². The van der Waals surface area contributed by atoms with Gasteiger partial charge >= 0.3 is 21.1 Å². The van der Waals surface area contributed by atoms with Gasteiger partial charge in [-0.05, 0) is 0 Å². The van der Waals surface area contributed by atoms with Crippen LogP contribution in [-0.4, -0.2) is 23.0 Å². The minimum Gasteiger partial charge on any atom is -0.676 e. The van der Waals surface area contributed by atoms with Crippen LogP contribution < -0.4 is 0 Å². The second-order valence-corrected chi connectivity index (χ2v) is 2.50. The Morgan fingerprint density at radius 3 is 1.27 bits per heavy atom. The van der Waals surface area contributed by atoms with Gasteiger partial charge in [0.2, 0.25) is 0 Å².